The van der Waals surface area contributed by atoms with Gasteiger partial charge in [-0.1, -0.05) is 0 Å². The van der Waals surface area contributed by atoms with Crippen LogP contribution in [0.1, 0.15) is 17.3 Å². The smallest absolute Gasteiger partial charge is 0.344 e. The second-order valence-electron chi connectivity index (χ2n) is 2.40. The summed E-state index contributed by atoms with van der Waals surface area (Å²) in [6.45, 7) is 2.07. The van der Waals surface area contributed by atoms with Crippen LogP contribution >= 0.6 is 15.9 Å². The summed E-state index contributed by atoms with van der Waals surface area (Å²) in [6, 6.07) is 1.66. The first-order valence-electron chi connectivity index (χ1n) is 4.06. The minimum atomic E-state index is -0.440. The van der Waals surface area contributed by atoms with E-state index in [0.717, 1.165) is 0 Å². The van der Waals surface area contributed by atoms with Crippen LogP contribution in [0.25, 0.3) is 0 Å². The lowest BCUT2D eigenvalue weighted by atomic mass is 10.3. The zero-order valence-corrected chi connectivity index (χ0v) is 9.50. The van der Waals surface area contributed by atoms with E-state index in [0.29, 0.717) is 16.6 Å². The van der Waals surface area contributed by atoms with Gasteiger partial charge in [0.15, 0.2) is 0 Å². The molecule has 1 aromatic heterocycles. The van der Waals surface area contributed by atoms with Crippen LogP contribution in [0.2, 0.25) is 0 Å². The normalized spacial score (nSPS) is 9.64. The van der Waals surface area contributed by atoms with Gasteiger partial charge in [-0.15, -0.1) is 0 Å². The fourth-order valence-corrected chi connectivity index (χ4v) is 1.41. The summed E-state index contributed by atoms with van der Waals surface area (Å²) >= 11 is 3.24. The van der Waals surface area contributed by atoms with Gasteiger partial charge in [-0.25, -0.2) is 9.78 Å². The van der Waals surface area contributed by atoms with Crippen LogP contribution in [0.4, 0.5) is 0 Å². The van der Waals surface area contributed by atoms with Gasteiger partial charge in [0.05, 0.1) is 13.7 Å². The molecular weight excluding hydrogens is 250 g/mol. The van der Waals surface area contributed by atoms with Gasteiger partial charge in [-0.05, 0) is 28.9 Å². The van der Waals surface area contributed by atoms with E-state index in [-0.39, 0.29) is 5.88 Å². The van der Waals surface area contributed by atoms with E-state index in [1.165, 1.54) is 7.11 Å². The van der Waals surface area contributed by atoms with Crippen LogP contribution in [-0.2, 0) is 4.74 Å². The molecule has 0 N–H and O–H groups in total. The quantitative estimate of drug-likeness (QED) is 0.780. The molecule has 0 fully saturated rings. The Hall–Kier alpha value is -1.10. The predicted molar refractivity (Wildman–Crippen MR) is 54.4 cm³/mol. The van der Waals surface area contributed by atoms with Gasteiger partial charge in [-0.2, -0.15) is 0 Å². The Labute approximate surface area is 90.4 Å². The van der Waals surface area contributed by atoms with E-state index < -0.39 is 5.97 Å². The first kappa shape index (κ1) is 11.0. The molecule has 0 spiro atoms. The van der Waals surface area contributed by atoms with E-state index >= 15 is 0 Å². The van der Waals surface area contributed by atoms with Crippen molar-refractivity contribution >= 4 is 21.9 Å². The lowest BCUT2D eigenvalue weighted by Crippen LogP contribution is -2.08. The van der Waals surface area contributed by atoms with E-state index in [4.69, 9.17) is 9.47 Å². The number of esters is 1. The number of carbonyl (C=O) groups excluding carboxylic acids is 1. The molecule has 0 aliphatic heterocycles. The molecule has 0 saturated carbocycles. The summed E-state index contributed by atoms with van der Waals surface area (Å²) in [6.07, 6.45) is 1.55. The van der Waals surface area contributed by atoms with Crippen molar-refractivity contribution in [1.82, 2.24) is 4.98 Å². The first-order chi connectivity index (χ1) is 6.70. The standard InChI is InChI=1S/C9H10BrNO3/c1-3-14-9(12)7-6(10)4-5-11-8(7)13-2/h4-5H,3H2,1-2H3. The zero-order chi connectivity index (χ0) is 10.6. The second kappa shape index (κ2) is 4.95. The SMILES string of the molecule is CCOC(=O)c1c(Br)ccnc1OC. The largest absolute Gasteiger partial charge is 0.480 e. The van der Waals surface area contributed by atoms with Gasteiger partial charge in [0, 0.05) is 10.7 Å². The second-order valence-corrected chi connectivity index (χ2v) is 3.25. The minimum Gasteiger partial charge on any atom is -0.480 e. The van der Waals surface area contributed by atoms with Crippen LogP contribution < -0.4 is 4.74 Å². The molecule has 0 aliphatic rings. The molecule has 4 nitrogen and oxygen atoms in total. The third kappa shape index (κ3) is 2.23. The molecule has 0 atom stereocenters. The number of pyridine rings is 1. The number of rotatable bonds is 3. The Morgan fingerprint density at radius 2 is 2.36 bits per heavy atom. The van der Waals surface area contributed by atoms with Crippen molar-refractivity contribution in [2.45, 2.75) is 6.92 Å². The third-order valence-electron chi connectivity index (χ3n) is 1.54. The van der Waals surface area contributed by atoms with Crippen molar-refractivity contribution in [3.05, 3.63) is 22.3 Å². The molecule has 76 valence electrons. The van der Waals surface area contributed by atoms with Gasteiger partial charge in [-0.3, -0.25) is 0 Å². The van der Waals surface area contributed by atoms with Crippen molar-refractivity contribution in [2.75, 3.05) is 13.7 Å². The summed E-state index contributed by atoms with van der Waals surface area (Å²) in [5.74, 6) is -0.179. The molecule has 0 aliphatic carbocycles. The highest BCUT2D eigenvalue weighted by Gasteiger charge is 2.17. The van der Waals surface area contributed by atoms with Crippen molar-refractivity contribution in [2.24, 2.45) is 0 Å². The number of hydrogen-bond acceptors (Lipinski definition) is 4. The maximum Gasteiger partial charge on any atom is 0.344 e. The molecule has 1 heterocycles. The third-order valence-corrected chi connectivity index (χ3v) is 2.20. The molecule has 1 aromatic rings. The van der Waals surface area contributed by atoms with Crippen molar-refractivity contribution in [3.8, 4) is 5.88 Å². The topological polar surface area (TPSA) is 48.4 Å². The molecule has 0 aromatic carbocycles. The summed E-state index contributed by atoms with van der Waals surface area (Å²) in [7, 11) is 1.46. The summed E-state index contributed by atoms with van der Waals surface area (Å²) in [5, 5.41) is 0. The molecule has 0 radical (unpaired) electrons. The number of aromatic nitrogens is 1. The highest BCUT2D eigenvalue weighted by Crippen LogP contribution is 2.24. The number of nitrogens with zero attached hydrogens (tertiary/aromatic N) is 1. The number of carbonyl (C=O) groups is 1. The average molecular weight is 260 g/mol. The van der Waals surface area contributed by atoms with Gasteiger partial charge >= 0.3 is 5.97 Å². The molecule has 0 amide bonds. The molecule has 1 rings (SSSR count). The van der Waals surface area contributed by atoms with Crippen LogP contribution in [0.15, 0.2) is 16.7 Å². The number of halogens is 1. The van der Waals surface area contributed by atoms with Gasteiger partial charge in [0.2, 0.25) is 5.88 Å². The average Bonchev–Trinajstić information content (AvgIpc) is 2.17. The van der Waals surface area contributed by atoms with Crippen LogP contribution in [-0.4, -0.2) is 24.7 Å². The highest BCUT2D eigenvalue weighted by molar-refractivity contribution is 9.10. The lowest BCUT2D eigenvalue weighted by Gasteiger charge is -2.07. The molecule has 0 bridgehead atoms. The van der Waals surface area contributed by atoms with Crippen LogP contribution in [0, 0.1) is 0 Å². The number of ether oxygens (including phenoxy) is 2. The summed E-state index contributed by atoms with van der Waals surface area (Å²) in [4.78, 5) is 15.4. The predicted octanol–water partition coefficient (Wildman–Crippen LogP) is 2.03. The Morgan fingerprint density at radius 1 is 1.64 bits per heavy atom. The number of methoxy groups -OCH3 is 1. The Bertz CT molecular complexity index is 341. The fourth-order valence-electron chi connectivity index (χ4n) is 0.963. The van der Waals surface area contributed by atoms with E-state index in [9.17, 15) is 4.79 Å². The van der Waals surface area contributed by atoms with E-state index in [2.05, 4.69) is 20.9 Å². The van der Waals surface area contributed by atoms with Gasteiger partial charge in [0.1, 0.15) is 5.56 Å². The fraction of sp³-hybridized carbons (Fsp3) is 0.333. The summed E-state index contributed by atoms with van der Waals surface area (Å²) < 4.78 is 10.4. The van der Waals surface area contributed by atoms with E-state index in [1.54, 1.807) is 19.2 Å². The highest BCUT2D eigenvalue weighted by atomic mass is 79.9. The summed E-state index contributed by atoms with van der Waals surface area (Å²) in [5.41, 5.74) is 0.317. The molecular formula is C9H10BrNO3. The molecule has 0 unspecified atom stereocenters. The van der Waals surface area contributed by atoms with E-state index in [1.807, 2.05) is 0 Å². The minimum absolute atomic E-state index is 0.262. The molecule has 0 saturated heterocycles. The van der Waals surface area contributed by atoms with Crippen molar-refractivity contribution in [1.29, 1.82) is 0 Å². The molecule has 5 heteroatoms. The Kier molecular flexibility index (Phi) is 3.88. The maximum absolute atomic E-state index is 11.5. The maximum atomic E-state index is 11.5. The molecule has 14 heavy (non-hydrogen) atoms. The van der Waals surface area contributed by atoms with Crippen molar-refractivity contribution < 1.29 is 14.3 Å². The monoisotopic (exact) mass is 259 g/mol. The lowest BCUT2D eigenvalue weighted by molar-refractivity contribution is 0.0520. The van der Waals surface area contributed by atoms with Crippen LogP contribution in [0.5, 0.6) is 5.88 Å². The Morgan fingerprint density at radius 3 is 2.93 bits per heavy atom. The number of hydrogen-bond donors (Lipinski definition) is 0. The van der Waals surface area contributed by atoms with Gasteiger partial charge in [0.25, 0.3) is 0 Å². The zero-order valence-electron chi connectivity index (χ0n) is 7.91. The Balaban J connectivity index is 3.10. The van der Waals surface area contributed by atoms with Crippen LogP contribution in [0.3, 0.4) is 0 Å². The van der Waals surface area contributed by atoms with Crippen molar-refractivity contribution in [3.63, 3.8) is 0 Å². The van der Waals surface area contributed by atoms with Gasteiger partial charge < -0.3 is 9.47 Å². The first-order valence-corrected chi connectivity index (χ1v) is 4.85.